The predicted molar refractivity (Wildman–Crippen MR) is 129 cm³/mol. The minimum absolute atomic E-state index is 0.0876. The van der Waals surface area contributed by atoms with Gasteiger partial charge >= 0.3 is 0 Å². The second-order valence-corrected chi connectivity index (χ2v) is 8.43. The summed E-state index contributed by atoms with van der Waals surface area (Å²) in [5.74, 6) is 0.789. The summed E-state index contributed by atoms with van der Waals surface area (Å²) < 4.78 is 6.05. The van der Waals surface area contributed by atoms with Gasteiger partial charge in [-0.1, -0.05) is 43.3 Å². The summed E-state index contributed by atoms with van der Waals surface area (Å²) in [7, 11) is 0. The van der Waals surface area contributed by atoms with Crippen molar-refractivity contribution in [3.05, 3.63) is 88.0 Å². The minimum atomic E-state index is -0.237. The lowest BCUT2D eigenvalue weighted by molar-refractivity contribution is 0.160. The number of hydrogen-bond donors (Lipinski definition) is 3. The zero-order valence-electron chi connectivity index (χ0n) is 19.3. The molecule has 0 saturated carbocycles. The average Bonchev–Trinajstić information content (AvgIpc) is 2.82. The van der Waals surface area contributed by atoms with Crippen LogP contribution in [0.5, 0.6) is 5.75 Å². The van der Waals surface area contributed by atoms with Gasteiger partial charge in [0.15, 0.2) is 0 Å². The van der Waals surface area contributed by atoms with Gasteiger partial charge in [0.25, 0.3) is 0 Å². The van der Waals surface area contributed by atoms with Crippen molar-refractivity contribution in [2.24, 2.45) is 0 Å². The lowest BCUT2D eigenvalue weighted by Gasteiger charge is -2.15. The highest BCUT2D eigenvalue weighted by Gasteiger charge is 2.10. The predicted octanol–water partition coefficient (Wildman–Crippen LogP) is 5.24. The lowest BCUT2D eigenvalue weighted by Crippen LogP contribution is -2.05. The van der Waals surface area contributed by atoms with Crippen LogP contribution < -0.4 is 4.74 Å². The van der Waals surface area contributed by atoms with Crippen LogP contribution in [-0.4, -0.2) is 21.4 Å². The summed E-state index contributed by atoms with van der Waals surface area (Å²) in [5, 5.41) is 28.7. The quantitative estimate of drug-likeness (QED) is 0.408. The first-order valence-corrected chi connectivity index (χ1v) is 11.3. The van der Waals surface area contributed by atoms with Crippen molar-refractivity contribution in [2.75, 3.05) is 0 Å². The maximum atomic E-state index is 9.84. The molecule has 3 aromatic carbocycles. The lowest BCUT2D eigenvalue weighted by atomic mass is 9.93. The van der Waals surface area contributed by atoms with Gasteiger partial charge < -0.3 is 20.1 Å². The fraction of sp³-hybridized carbons (Fsp3) is 0.357. The highest BCUT2D eigenvalue weighted by atomic mass is 16.5. The average molecular weight is 435 g/mol. The molecule has 1 unspecified atom stereocenters. The number of rotatable bonds is 10. The Hall–Kier alpha value is -2.66. The van der Waals surface area contributed by atoms with Crippen molar-refractivity contribution in [1.29, 1.82) is 0 Å². The van der Waals surface area contributed by atoms with Gasteiger partial charge in [-0.05, 0) is 95.8 Å². The van der Waals surface area contributed by atoms with Crippen LogP contribution in [0, 0.1) is 13.8 Å². The number of aliphatic hydroxyl groups is 3. The Morgan fingerprint density at radius 2 is 1.53 bits per heavy atom. The number of aryl methyl sites for hydroxylation is 3. The first kappa shape index (κ1) is 24.0. The first-order chi connectivity index (χ1) is 15.4. The Labute approximate surface area is 191 Å². The van der Waals surface area contributed by atoms with E-state index in [0.717, 1.165) is 47.3 Å². The van der Waals surface area contributed by atoms with Crippen molar-refractivity contribution in [3.8, 4) is 16.9 Å². The summed E-state index contributed by atoms with van der Waals surface area (Å²) in [5.41, 5.74) is 8.37. The summed E-state index contributed by atoms with van der Waals surface area (Å²) in [4.78, 5) is 0. The first-order valence-electron chi connectivity index (χ1n) is 11.3. The SMILES string of the molecule is CCC(O)CCc1ccc(-c2cc(OCc3ccc(CO)c(CO)c3)ccc2C)c(C)c1. The molecule has 4 nitrogen and oxygen atoms in total. The molecule has 4 heteroatoms. The standard InChI is InChI=1S/C28H34O4/c1-4-25(31)10-7-21-8-12-27(20(3)13-21)28-15-26(11-5-19(28)2)32-18-22-6-9-23(16-29)24(14-22)17-30/h5-6,8-9,11-15,25,29-31H,4,7,10,16-18H2,1-3H3. The van der Waals surface area contributed by atoms with Gasteiger partial charge in [-0.15, -0.1) is 0 Å². The van der Waals surface area contributed by atoms with Gasteiger partial charge in [0, 0.05) is 0 Å². The molecule has 0 spiro atoms. The van der Waals surface area contributed by atoms with Crippen LogP contribution in [0.3, 0.4) is 0 Å². The third-order valence-corrected chi connectivity index (χ3v) is 6.04. The van der Waals surface area contributed by atoms with Crippen molar-refractivity contribution in [1.82, 2.24) is 0 Å². The molecule has 1 atom stereocenters. The fourth-order valence-electron chi connectivity index (χ4n) is 3.94. The molecule has 32 heavy (non-hydrogen) atoms. The maximum absolute atomic E-state index is 9.84. The van der Waals surface area contributed by atoms with Gasteiger partial charge in [-0.2, -0.15) is 0 Å². The molecule has 0 aliphatic carbocycles. The molecule has 0 bridgehead atoms. The monoisotopic (exact) mass is 434 g/mol. The second-order valence-electron chi connectivity index (χ2n) is 8.43. The Balaban J connectivity index is 1.76. The van der Waals surface area contributed by atoms with Crippen LogP contribution in [0.25, 0.3) is 11.1 Å². The highest BCUT2D eigenvalue weighted by Crippen LogP contribution is 2.31. The van der Waals surface area contributed by atoms with Crippen LogP contribution in [0.2, 0.25) is 0 Å². The van der Waals surface area contributed by atoms with Crippen molar-refractivity contribution < 1.29 is 20.1 Å². The summed E-state index contributed by atoms with van der Waals surface area (Å²) in [6.07, 6.45) is 2.22. The van der Waals surface area contributed by atoms with Gasteiger partial charge in [-0.25, -0.2) is 0 Å². The normalized spacial score (nSPS) is 12.1. The smallest absolute Gasteiger partial charge is 0.120 e. The van der Waals surface area contributed by atoms with E-state index in [-0.39, 0.29) is 19.3 Å². The molecule has 0 fully saturated rings. The number of ether oxygens (including phenoxy) is 1. The van der Waals surface area contributed by atoms with Gasteiger partial charge in [0.1, 0.15) is 12.4 Å². The van der Waals surface area contributed by atoms with Gasteiger partial charge in [0.05, 0.1) is 19.3 Å². The van der Waals surface area contributed by atoms with Gasteiger partial charge in [-0.3, -0.25) is 0 Å². The van der Waals surface area contributed by atoms with E-state index >= 15 is 0 Å². The Morgan fingerprint density at radius 1 is 0.781 bits per heavy atom. The molecule has 3 rings (SSSR count). The number of hydrogen-bond acceptors (Lipinski definition) is 4. The second kappa shape index (κ2) is 11.3. The molecule has 0 radical (unpaired) electrons. The van der Waals surface area contributed by atoms with E-state index in [9.17, 15) is 15.3 Å². The van der Waals surface area contributed by atoms with Crippen LogP contribution in [0.15, 0.2) is 54.6 Å². The fourth-order valence-corrected chi connectivity index (χ4v) is 3.94. The molecule has 0 amide bonds. The molecular formula is C28H34O4. The summed E-state index contributed by atoms with van der Waals surface area (Å²) >= 11 is 0. The van der Waals surface area contributed by atoms with Crippen molar-refractivity contribution >= 4 is 0 Å². The van der Waals surface area contributed by atoms with E-state index in [4.69, 9.17) is 4.74 Å². The third kappa shape index (κ3) is 5.98. The molecule has 0 heterocycles. The molecule has 3 aromatic rings. The Bertz CT molecular complexity index is 1040. The maximum Gasteiger partial charge on any atom is 0.120 e. The van der Waals surface area contributed by atoms with E-state index in [1.807, 2.05) is 31.2 Å². The molecular weight excluding hydrogens is 400 g/mol. The Morgan fingerprint density at radius 3 is 2.22 bits per heavy atom. The van der Waals surface area contributed by atoms with E-state index in [2.05, 4.69) is 44.2 Å². The highest BCUT2D eigenvalue weighted by molar-refractivity contribution is 5.72. The summed E-state index contributed by atoms with van der Waals surface area (Å²) in [6, 6.07) is 18.3. The third-order valence-electron chi connectivity index (χ3n) is 6.04. The van der Waals surface area contributed by atoms with E-state index < -0.39 is 0 Å². The van der Waals surface area contributed by atoms with Gasteiger partial charge in [0.2, 0.25) is 0 Å². The Kier molecular flexibility index (Phi) is 8.46. The van der Waals surface area contributed by atoms with Crippen LogP contribution in [0.4, 0.5) is 0 Å². The molecule has 0 aliphatic rings. The van der Waals surface area contributed by atoms with Crippen LogP contribution in [0.1, 0.15) is 53.1 Å². The number of aliphatic hydroxyl groups excluding tert-OH is 3. The number of benzene rings is 3. The summed E-state index contributed by atoms with van der Waals surface area (Å²) in [6.45, 7) is 6.43. The molecule has 3 N–H and O–H groups in total. The van der Waals surface area contributed by atoms with E-state index in [1.54, 1.807) is 0 Å². The van der Waals surface area contributed by atoms with Crippen molar-refractivity contribution in [3.63, 3.8) is 0 Å². The molecule has 170 valence electrons. The largest absolute Gasteiger partial charge is 0.489 e. The van der Waals surface area contributed by atoms with Crippen LogP contribution >= 0.6 is 0 Å². The van der Waals surface area contributed by atoms with E-state index in [1.165, 1.54) is 22.3 Å². The molecule has 0 saturated heterocycles. The minimum Gasteiger partial charge on any atom is -0.489 e. The van der Waals surface area contributed by atoms with Crippen LogP contribution in [-0.2, 0) is 26.2 Å². The topological polar surface area (TPSA) is 69.9 Å². The van der Waals surface area contributed by atoms with E-state index in [0.29, 0.717) is 6.61 Å². The molecule has 0 aromatic heterocycles. The zero-order chi connectivity index (χ0) is 23.1. The molecule has 0 aliphatic heterocycles. The zero-order valence-corrected chi connectivity index (χ0v) is 19.3. The van der Waals surface area contributed by atoms with Crippen molar-refractivity contribution in [2.45, 2.75) is 66.0 Å².